The molecule has 0 bridgehead atoms. The van der Waals surface area contributed by atoms with Crippen LogP contribution in [-0.2, 0) is 14.3 Å². The van der Waals surface area contributed by atoms with Gasteiger partial charge in [0.25, 0.3) is 0 Å². The number of ether oxygens (including phenoxy) is 2. The first-order valence-corrected chi connectivity index (χ1v) is 20.3. The average molecular weight is 560 g/mol. The minimum absolute atomic E-state index is 0.185. The van der Waals surface area contributed by atoms with Gasteiger partial charge < -0.3 is 0 Å². The average Bonchev–Trinajstić information content (AvgIpc) is 2.74. The van der Waals surface area contributed by atoms with Gasteiger partial charge >= 0.3 is 203 Å². The number of amides is 1. The van der Waals surface area contributed by atoms with Crippen molar-refractivity contribution in [2.24, 2.45) is 5.92 Å². The SMILES string of the molecule is CCC[CH2][Sn]([CH2]CCC)([CH2]CCC)/[C](=C\C(=O)OC)[C@@H](NC(=O)OC(C)(C)C)C(C)CC. The van der Waals surface area contributed by atoms with Gasteiger partial charge in [-0.25, -0.2) is 0 Å². The summed E-state index contributed by atoms with van der Waals surface area (Å²) >= 11 is -3.02. The van der Waals surface area contributed by atoms with Crippen molar-refractivity contribution < 1.29 is 19.1 Å². The Morgan fingerprint density at radius 1 is 0.938 bits per heavy atom. The summed E-state index contributed by atoms with van der Waals surface area (Å²) in [7, 11) is 1.44. The molecular formula is C26H51NO4Sn. The standard InChI is InChI=1S/C14H24NO4.3C4H9.Sn/c1-7-10(2)11(8-9-12(16)18-6)15-13(17)19-14(3,4)5;3*1-3-4-2;/h9-11H,7H2,1-6H3,(H,15,17);3*1,3-4H2,2H3;/t10?,11-;;;;/m1..../s1. The fraction of sp³-hybridized carbons (Fsp3) is 0.846. The van der Waals surface area contributed by atoms with Crippen molar-refractivity contribution in [3.8, 4) is 0 Å². The van der Waals surface area contributed by atoms with Crippen LogP contribution in [0.2, 0.25) is 13.3 Å². The number of rotatable bonds is 15. The molecule has 1 N–H and O–H groups in total. The Bertz CT molecular complexity index is 561. The summed E-state index contributed by atoms with van der Waals surface area (Å²) in [5.41, 5.74) is -0.566. The van der Waals surface area contributed by atoms with Crippen LogP contribution in [0.3, 0.4) is 0 Å². The van der Waals surface area contributed by atoms with E-state index in [1.807, 2.05) is 20.8 Å². The number of carbonyl (C=O) groups excluding carboxylic acids is 2. The second kappa shape index (κ2) is 16.0. The summed E-state index contributed by atoms with van der Waals surface area (Å²) in [5, 5.41) is 3.20. The number of carbonyl (C=O) groups is 2. The van der Waals surface area contributed by atoms with Crippen molar-refractivity contribution in [2.75, 3.05) is 7.11 Å². The zero-order valence-corrected chi connectivity index (χ0v) is 25.3. The van der Waals surface area contributed by atoms with Crippen LogP contribution in [0.15, 0.2) is 9.67 Å². The Morgan fingerprint density at radius 2 is 1.41 bits per heavy atom. The van der Waals surface area contributed by atoms with E-state index in [1.165, 1.54) is 43.3 Å². The molecular weight excluding hydrogens is 509 g/mol. The molecule has 0 heterocycles. The van der Waals surface area contributed by atoms with Gasteiger partial charge in [-0.2, -0.15) is 0 Å². The molecule has 0 aliphatic carbocycles. The fourth-order valence-electron chi connectivity index (χ4n) is 4.31. The predicted octanol–water partition coefficient (Wildman–Crippen LogP) is 7.41. The van der Waals surface area contributed by atoms with Gasteiger partial charge in [0.05, 0.1) is 0 Å². The Kier molecular flexibility index (Phi) is 15.6. The molecule has 0 saturated heterocycles. The fourth-order valence-corrected chi connectivity index (χ4v) is 21.9. The molecule has 0 radical (unpaired) electrons. The first-order chi connectivity index (χ1) is 15.0. The molecule has 2 atom stereocenters. The van der Waals surface area contributed by atoms with Crippen LogP contribution >= 0.6 is 0 Å². The molecule has 0 aromatic carbocycles. The van der Waals surface area contributed by atoms with E-state index in [4.69, 9.17) is 9.47 Å². The molecule has 0 aromatic heterocycles. The van der Waals surface area contributed by atoms with Gasteiger partial charge in [0.15, 0.2) is 0 Å². The maximum atomic E-state index is 12.9. The molecule has 0 aromatic rings. The number of methoxy groups -OCH3 is 1. The maximum absolute atomic E-state index is 12.9. The second-order valence-corrected chi connectivity index (χ2v) is 23.5. The van der Waals surface area contributed by atoms with Gasteiger partial charge in [-0.1, -0.05) is 0 Å². The van der Waals surface area contributed by atoms with Gasteiger partial charge in [-0.3, -0.25) is 0 Å². The number of nitrogens with one attached hydrogen (secondary N) is 1. The van der Waals surface area contributed by atoms with Crippen LogP contribution < -0.4 is 5.32 Å². The number of hydrogen-bond acceptors (Lipinski definition) is 4. The Labute approximate surface area is 202 Å². The van der Waals surface area contributed by atoms with Crippen molar-refractivity contribution >= 4 is 30.4 Å². The molecule has 0 rings (SSSR count). The van der Waals surface area contributed by atoms with Crippen LogP contribution in [0.25, 0.3) is 0 Å². The summed E-state index contributed by atoms with van der Waals surface area (Å²) < 4.78 is 15.6. The summed E-state index contributed by atoms with van der Waals surface area (Å²) in [6.45, 7) is 16.7. The molecule has 6 heteroatoms. The quantitative estimate of drug-likeness (QED) is 0.129. The van der Waals surface area contributed by atoms with Crippen LogP contribution in [0.5, 0.6) is 0 Å². The zero-order chi connectivity index (χ0) is 24.8. The first-order valence-electron chi connectivity index (χ1n) is 12.8. The van der Waals surface area contributed by atoms with Crippen molar-refractivity contribution in [2.45, 2.75) is 125 Å². The van der Waals surface area contributed by atoms with E-state index >= 15 is 0 Å². The minimum atomic E-state index is -3.02. The Balaban J connectivity index is 6.59. The molecule has 32 heavy (non-hydrogen) atoms. The third-order valence-corrected chi connectivity index (χ3v) is 22.4. The molecule has 188 valence electrons. The summed E-state index contributed by atoms with van der Waals surface area (Å²) in [6.07, 6.45) is 9.27. The molecule has 0 saturated carbocycles. The van der Waals surface area contributed by atoms with Gasteiger partial charge in [-0.05, 0) is 0 Å². The van der Waals surface area contributed by atoms with E-state index in [0.29, 0.717) is 0 Å². The zero-order valence-electron chi connectivity index (χ0n) is 22.4. The van der Waals surface area contributed by atoms with Gasteiger partial charge in [-0.15, -0.1) is 0 Å². The number of unbranched alkanes of at least 4 members (excludes halogenated alkanes) is 3. The van der Waals surface area contributed by atoms with Crippen molar-refractivity contribution in [3.05, 3.63) is 9.67 Å². The van der Waals surface area contributed by atoms with Gasteiger partial charge in [0, 0.05) is 0 Å². The van der Waals surface area contributed by atoms with E-state index in [1.54, 1.807) is 6.08 Å². The van der Waals surface area contributed by atoms with Crippen molar-refractivity contribution in [3.63, 3.8) is 0 Å². The van der Waals surface area contributed by atoms with E-state index in [0.717, 1.165) is 25.7 Å². The molecule has 0 aliphatic rings. The molecule has 1 unspecified atom stereocenters. The molecule has 1 amide bonds. The van der Waals surface area contributed by atoms with Crippen LogP contribution in [-0.4, -0.2) is 49.2 Å². The summed E-state index contributed by atoms with van der Waals surface area (Å²) in [5.74, 6) is -0.0933. The number of hydrogen-bond donors (Lipinski definition) is 1. The van der Waals surface area contributed by atoms with E-state index < -0.39 is 30.1 Å². The molecule has 5 nitrogen and oxygen atoms in total. The number of alkyl carbamates (subject to hydrolysis) is 1. The van der Waals surface area contributed by atoms with Crippen LogP contribution in [0.1, 0.15) is 100 Å². The van der Waals surface area contributed by atoms with E-state index in [9.17, 15) is 9.59 Å². The third kappa shape index (κ3) is 11.4. The second-order valence-electron chi connectivity index (χ2n) is 10.2. The Morgan fingerprint density at radius 3 is 1.75 bits per heavy atom. The summed E-state index contributed by atoms with van der Waals surface area (Å²) in [6, 6.07) is -0.185. The van der Waals surface area contributed by atoms with Crippen molar-refractivity contribution in [1.82, 2.24) is 5.32 Å². The third-order valence-electron chi connectivity index (χ3n) is 6.33. The predicted molar refractivity (Wildman–Crippen MR) is 138 cm³/mol. The topological polar surface area (TPSA) is 64.6 Å². The van der Waals surface area contributed by atoms with Crippen LogP contribution in [0, 0.1) is 5.92 Å². The van der Waals surface area contributed by atoms with Gasteiger partial charge in [0.1, 0.15) is 0 Å². The number of esters is 1. The van der Waals surface area contributed by atoms with E-state index in [-0.39, 0.29) is 17.9 Å². The van der Waals surface area contributed by atoms with Crippen LogP contribution in [0.4, 0.5) is 4.79 Å². The molecule has 0 aliphatic heterocycles. The molecule has 0 spiro atoms. The monoisotopic (exact) mass is 561 g/mol. The summed E-state index contributed by atoms with van der Waals surface area (Å²) in [4.78, 5) is 25.5. The normalized spacial score (nSPS) is 14.6. The van der Waals surface area contributed by atoms with Gasteiger partial charge in [0.2, 0.25) is 0 Å². The molecule has 0 fully saturated rings. The van der Waals surface area contributed by atoms with E-state index in [2.05, 4.69) is 39.9 Å². The first kappa shape index (κ1) is 31.3. The van der Waals surface area contributed by atoms with Crippen molar-refractivity contribution in [1.29, 1.82) is 0 Å². The Hall–Kier alpha value is -0.721.